The largest absolute Gasteiger partial charge is 0.355 e. The van der Waals surface area contributed by atoms with Crippen LogP contribution < -0.4 is 16.0 Å². The van der Waals surface area contributed by atoms with Crippen molar-refractivity contribution in [2.75, 3.05) is 26.2 Å². The Morgan fingerprint density at radius 1 is 1.28 bits per heavy atom. The van der Waals surface area contributed by atoms with Crippen molar-refractivity contribution in [1.29, 1.82) is 0 Å². The van der Waals surface area contributed by atoms with Crippen molar-refractivity contribution >= 4 is 11.8 Å². The van der Waals surface area contributed by atoms with Crippen molar-refractivity contribution in [3.05, 3.63) is 0 Å². The maximum Gasteiger partial charge on any atom is 0.239 e. The predicted molar refractivity (Wildman–Crippen MR) is 71.1 cm³/mol. The van der Waals surface area contributed by atoms with E-state index < -0.39 is 0 Å². The predicted octanol–water partition coefficient (Wildman–Crippen LogP) is 0.409. The van der Waals surface area contributed by atoms with E-state index in [1.807, 2.05) is 6.92 Å². The molecule has 2 amide bonds. The van der Waals surface area contributed by atoms with Gasteiger partial charge >= 0.3 is 0 Å². The average molecular weight is 255 g/mol. The molecule has 0 saturated carbocycles. The molecule has 0 bridgehead atoms. The van der Waals surface area contributed by atoms with Crippen LogP contribution in [0.4, 0.5) is 0 Å². The maximum absolute atomic E-state index is 11.6. The number of carbonyl (C=O) groups is 2. The molecule has 18 heavy (non-hydrogen) atoms. The fourth-order valence-corrected chi connectivity index (χ4v) is 2.10. The standard InChI is InChI=1S/C13H25N3O2/c1-2-7-15-13(18)10-16-12(17)6-5-11-4-3-8-14-9-11/h11,14H,2-10H2,1H3,(H,15,18)(H,16,17). The summed E-state index contributed by atoms with van der Waals surface area (Å²) in [7, 11) is 0. The van der Waals surface area contributed by atoms with E-state index in [0.29, 0.717) is 18.9 Å². The van der Waals surface area contributed by atoms with Gasteiger partial charge in [0.15, 0.2) is 0 Å². The summed E-state index contributed by atoms with van der Waals surface area (Å²) < 4.78 is 0. The maximum atomic E-state index is 11.6. The van der Waals surface area contributed by atoms with Crippen molar-refractivity contribution in [3.8, 4) is 0 Å². The number of amides is 2. The molecule has 0 aliphatic carbocycles. The number of rotatable bonds is 7. The molecule has 1 saturated heterocycles. The van der Waals surface area contributed by atoms with Crippen molar-refractivity contribution in [3.63, 3.8) is 0 Å². The molecule has 5 heteroatoms. The Hall–Kier alpha value is -1.10. The molecule has 1 unspecified atom stereocenters. The van der Waals surface area contributed by atoms with Gasteiger partial charge < -0.3 is 16.0 Å². The summed E-state index contributed by atoms with van der Waals surface area (Å²) in [4.78, 5) is 22.8. The zero-order valence-electron chi connectivity index (χ0n) is 11.3. The van der Waals surface area contributed by atoms with Gasteiger partial charge in [-0.2, -0.15) is 0 Å². The molecule has 1 aliphatic heterocycles. The third-order valence-corrected chi connectivity index (χ3v) is 3.20. The van der Waals surface area contributed by atoms with E-state index in [-0.39, 0.29) is 18.4 Å². The van der Waals surface area contributed by atoms with E-state index in [0.717, 1.165) is 25.9 Å². The summed E-state index contributed by atoms with van der Waals surface area (Å²) in [6.07, 6.45) is 4.75. The van der Waals surface area contributed by atoms with Crippen LogP contribution in [-0.4, -0.2) is 38.0 Å². The van der Waals surface area contributed by atoms with Crippen LogP contribution in [0.15, 0.2) is 0 Å². The van der Waals surface area contributed by atoms with Crippen LogP contribution in [0, 0.1) is 5.92 Å². The van der Waals surface area contributed by atoms with Crippen LogP contribution >= 0.6 is 0 Å². The molecule has 0 aromatic heterocycles. The lowest BCUT2D eigenvalue weighted by Gasteiger charge is -2.22. The van der Waals surface area contributed by atoms with Crippen molar-refractivity contribution < 1.29 is 9.59 Å². The molecule has 1 rings (SSSR count). The first-order valence-corrected chi connectivity index (χ1v) is 6.96. The van der Waals surface area contributed by atoms with E-state index in [9.17, 15) is 9.59 Å². The zero-order valence-corrected chi connectivity index (χ0v) is 11.3. The minimum atomic E-state index is -0.107. The Labute approximate surface area is 109 Å². The van der Waals surface area contributed by atoms with Crippen LogP contribution in [0.3, 0.4) is 0 Å². The first kappa shape index (κ1) is 15.0. The summed E-state index contributed by atoms with van der Waals surface area (Å²) in [6, 6.07) is 0. The minimum Gasteiger partial charge on any atom is -0.355 e. The fraction of sp³-hybridized carbons (Fsp3) is 0.846. The molecule has 0 radical (unpaired) electrons. The highest BCUT2D eigenvalue weighted by molar-refractivity contribution is 5.84. The summed E-state index contributed by atoms with van der Waals surface area (Å²) in [6.45, 7) is 4.88. The zero-order chi connectivity index (χ0) is 13.2. The average Bonchev–Trinajstić information content (AvgIpc) is 2.41. The van der Waals surface area contributed by atoms with Crippen LogP contribution in [0.5, 0.6) is 0 Å². The van der Waals surface area contributed by atoms with Crippen LogP contribution in [0.2, 0.25) is 0 Å². The topological polar surface area (TPSA) is 70.2 Å². The smallest absolute Gasteiger partial charge is 0.239 e. The molecule has 0 spiro atoms. The molecule has 5 nitrogen and oxygen atoms in total. The van der Waals surface area contributed by atoms with Gasteiger partial charge in [0.2, 0.25) is 11.8 Å². The Kier molecular flexibility index (Phi) is 7.41. The second kappa shape index (κ2) is 8.91. The highest BCUT2D eigenvalue weighted by Crippen LogP contribution is 2.15. The van der Waals surface area contributed by atoms with Gasteiger partial charge in [0, 0.05) is 13.0 Å². The second-order valence-electron chi connectivity index (χ2n) is 4.88. The minimum absolute atomic E-state index is 0.0211. The van der Waals surface area contributed by atoms with Crippen molar-refractivity contribution in [1.82, 2.24) is 16.0 Å². The van der Waals surface area contributed by atoms with Gasteiger partial charge in [-0.25, -0.2) is 0 Å². The molecule has 1 atom stereocenters. The van der Waals surface area contributed by atoms with Gasteiger partial charge in [-0.3, -0.25) is 9.59 Å². The number of carbonyl (C=O) groups excluding carboxylic acids is 2. The van der Waals surface area contributed by atoms with E-state index in [1.54, 1.807) is 0 Å². The first-order chi connectivity index (χ1) is 8.72. The summed E-state index contributed by atoms with van der Waals surface area (Å²) in [5.74, 6) is 0.482. The normalized spacial score (nSPS) is 19.3. The van der Waals surface area contributed by atoms with Gasteiger partial charge in [0.05, 0.1) is 6.54 Å². The second-order valence-corrected chi connectivity index (χ2v) is 4.88. The SMILES string of the molecule is CCCNC(=O)CNC(=O)CCC1CCCNC1. The number of piperidine rings is 1. The summed E-state index contributed by atoms with van der Waals surface area (Å²) in [5, 5.41) is 8.73. The van der Waals surface area contributed by atoms with E-state index in [4.69, 9.17) is 0 Å². The highest BCUT2D eigenvalue weighted by Gasteiger charge is 2.14. The van der Waals surface area contributed by atoms with Crippen molar-refractivity contribution in [2.24, 2.45) is 5.92 Å². The summed E-state index contributed by atoms with van der Waals surface area (Å²) in [5.41, 5.74) is 0. The van der Waals surface area contributed by atoms with Gasteiger partial charge in [-0.05, 0) is 44.7 Å². The Morgan fingerprint density at radius 3 is 2.78 bits per heavy atom. The van der Waals surface area contributed by atoms with Gasteiger partial charge in [-0.15, -0.1) is 0 Å². The molecule has 104 valence electrons. The van der Waals surface area contributed by atoms with Gasteiger partial charge in [0.25, 0.3) is 0 Å². The van der Waals surface area contributed by atoms with Crippen LogP contribution in [0.1, 0.15) is 39.0 Å². The van der Waals surface area contributed by atoms with E-state index >= 15 is 0 Å². The first-order valence-electron chi connectivity index (χ1n) is 6.96. The quantitative estimate of drug-likeness (QED) is 0.617. The third-order valence-electron chi connectivity index (χ3n) is 3.20. The lowest BCUT2D eigenvalue weighted by molar-refractivity contribution is -0.126. The molecule has 1 aliphatic rings. The monoisotopic (exact) mass is 255 g/mol. The van der Waals surface area contributed by atoms with Gasteiger partial charge in [-0.1, -0.05) is 6.92 Å². The van der Waals surface area contributed by atoms with E-state index in [2.05, 4.69) is 16.0 Å². The molecule has 1 fully saturated rings. The molecule has 0 aromatic rings. The highest BCUT2D eigenvalue weighted by atomic mass is 16.2. The Balaban J connectivity index is 2.04. The fourth-order valence-electron chi connectivity index (χ4n) is 2.10. The Morgan fingerprint density at radius 2 is 2.11 bits per heavy atom. The lowest BCUT2D eigenvalue weighted by atomic mass is 9.94. The number of nitrogens with one attached hydrogen (secondary N) is 3. The summed E-state index contributed by atoms with van der Waals surface area (Å²) >= 11 is 0. The molecular weight excluding hydrogens is 230 g/mol. The molecule has 3 N–H and O–H groups in total. The Bertz CT molecular complexity index is 263. The van der Waals surface area contributed by atoms with Crippen LogP contribution in [0.25, 0.3) is 0 Å². The van der Waals surface area contributed by atoms with Crippen molar-refractivity contribution in [2.45, 2.75) is 39.0 Å². The molecule has 0 aromatic carbocycles. The number of hydrogen-bond donors (Lipinski definition) is 3. The third kappa shape index (κ3) is 6.59. The lowest BCUT2D eigenvalue weighted by Crippen LogP contribution is -2.37. The molecular formula is C13H25N3O2. The molecule has 1 heterocycles. The number of hydrogen-bond acceptors (Lipinski definition) is 3. The van der Waals surface area contributed by atoms with Crippen LogP contribution in [-0.2, 0) is 9.59 Å². The van der Waals surface area contributed by atoms with E-state index in [1.165, 1.54) is 12.8 Å². The van der Waals surface area contributed by atoms with Gasteiger partial charge in [0.1, 0.15) is 0 Å².